The number of phenolic OH excluding ortho intramolecular Hbond substituents is 1. The Morgan fingerprint density at radius 1 is 1.00 bits per heavy atom. The smallest absolute Gasteiger partial charge is 0.247 e. The van der Waals surface area contributed by atoms with Crippen LogP contribution in [-0.4, -0.2) is 41.5 Å². The molecular weight excluding hydrogens is 364 g/mol. The van der Waals surface area contributed by atoms with E-state index in [4.69, 9.17) is 0 Å². The Hall–Kier alpha value is -1.88. The fourth-order valence-corrected chi connectivity index (χ4v) is 3.27. The van der Waals surface area contributed by atoms with Crippen molar-refractivity contribution >= 4 is 12.1 Å². The number of carbonyl (C=O) groups is 1. The highest BCUT2D eigenvalue weighted by Gasteiger charge is 2.14. The van der Waals surface area contributed by atoms with Crippen LogP contribution < -0.4 is 5.32 Å². The van der Waals surface area contributed by atoms with E-state index in [1.807, 2.05) is 0 Å². The van der Waals surface area contributed by atoms with Crippen LogP contribution in [0, 0.1) is 0 Å². The molecule has 0 aromatic heterocycles. The summed E-state index contributed by atoms with van der Waals surface area (Å²) in [4.78, 5) is 16.3. The Balaban J connectivity index is 2.04. The highest BCUT2D eigenvalue weighted by atomic mass is 16.3. The Morgan fingerprint density at radius 2 is 1.59 bits per heavy atom. The number of aliphatic imine (C=N–C) groups is 1. The zero-order chi connectivity index (χ0) is 21.2. The molecule has 0 spiro atoms. The highest BCUT2D eigenvalue weighted by Crippen LogP contribution is 2.12. The summed E-state index contributed by atoms with van der Waals surface area (Å²) in [5.74, 6) is -0.113. The van der Waals surface area contributed by atoms with Crippen molar-refractivity contribution < 1.29 is 15.0 Å². The molecule has 1 rings (SSSR count). The largest absolute Gasteiger partial charge is 0.508 e. The van der Waals surface area contributed by atoms with Gasteiger partial charge in [-0.25, -0.2) is 0 Å². The van der Waals surface area contributed by atoms with Crippen LogP contribution >= 0.6 is 0 Å². The van der Waals surface area contributed by atoms with E-state index in [1.54, 1.807) is 24.3 Å². The maximum absolute atomic E-state index is 12.1. The van der Waals surface area contributed by atoms with Crippen molar-refractivity contribution in [2.75, 3.05) is 13.2 Å². The number of aliphatic hydroxyl groups excluding tert-OH is 1. The normalized spacial score (nSPS) is 12.3. The van der Waals surface area contributed by atoms with Crippen molar-refractivity contribution in [3.8, 4) is 5.75 Å². The highest BCUT2D eigenvalue weighted by molar-refractivity contribution is 5.87. The minimum absolute atomic E-state index is 0.144. The van der Waals surface area contributed by atoms with Gasteiger partial charge in [0.15, 0.2) is 6.04 Å². The van der Waals surface area contributed by atoms with Gasteiger partial charge in [0.2, 0.25) is 5.91 Å². The molecule has 1 unspecified atom stereocenters. The van der Waals surface area contributed by atoms with Crippen molar-refractivity contribution in [1.82, 2.24) is 5.32 Å². The lowest BCUT2D eigenvalue weighted by molar-refractivity contribution is -0.123. The van der Waals surface area contributed by atoms with Gasteiger partial charge in [-0.2, -0.15) is 0 Å². The van der Waals surface area contributed by atoms with Gasteiger partial charge in [0.1, 0.15) is 5.75 Å². The minimum Gasteiger partial charge on any atom is -0.508 e. The van der Waals surface area contributed by atoms with E-state index in [9.17, 15) is 15.0 Å². The number of amides is 1. The maximum atomic E-state index is 12.1. The third-order valence-electron chi connectivity index (χ3n) is 5.08. The summed E-state index contributed by atoms with van der Waals surface area (Å²) in [7, 11) is 0. The molecule has 0 saturated carbocycles. The molecule has 1 aromatic carbocycles. The van der Waals surface area contributed by atoms with Crippen molar-refractivity contribution in [3.05, 3.63) is 29.8 Å². The van der Waals surface area contributed by atoms with Crippen LogP contribution in [-0.2, 0) is 4.79 Å². The number of benzene rings is 1. The van der Waals surface area contributed by atoms with Gasteiger partial charge in [0.25, 0.3) is 0 Å². The van der Waals surface area contributed by atoms with Gasteiger partial charge in [-0.3, -0.25) is 9.79 Å². The summed E-state index contributed by atoms with van der Waals surface area (Å²) >= 11 is 0. The van der Waals surface area contributed by atoms with E-state index in [1.165, 1.54) is 70.4 Å². The second kappa shape index (κ2) is 17.0. The van der Waals surface area contributed by atoms with Gasteiger partial charge < -0.3 is 15.5 Å². The zero-order valence-corrected chi connectivity index (χ0v) is 18.1. The van der Waals surface area contributed by atoms with Gasteiger partial charge in [0, 0.05) is 12.8 Å². The minimum atomic E-state index is -0.810. The maximum Gasteiger partial charge on any atom is 0.247 e. The predicted octanol–water partition coefficient (Wildman–Crippen LogP) is 4.99. The molecule has 0 bridgehead atoms. The first-order valence-corrected chi connectivity index (χ1v) is 11.4. The van der Waals surface area contributed by atoms with Crippen LogP contribution in [0.15, 0.2) is 29.3 Å². The molecule has 1 aromatic rings. The van der Waals surface area contributed by atoms with Crippen LogP contribution in [0.5, 0.6) is 5.75 Å². The van der Waals surface area contributed by atoms with Crippen LogP contribution in [0.3, 0.4) is 0 Å². The van der Waals surface area contributed by atoms with Crippen molar-refractivity contribution in [2.24, 2.45) is 4.99 Å². The van der Waals surface area contributed by atoms with E-state index < -0.39 is 6.04 Å². The summed E-state index contributed by atoms with van der Waals surface area (Å²) in [5, 5.41) is 21.7. The zero-order valence-electron chi connectivity index (χ0n) is 18.1. The van der Waals surface area contributed by atoms with Crippen LogP contribution in [0.2, 0.25) is 0 Å². The predicted molar refractivity (Wildman–Crippen MR) is 121 cm³/mol. The molecule has 3 N–H and O–H groups in total. The summed E-state index contributed by atoms with van der Waals surface area (Å²) < 4.78 is 0. The van der Waals surface area contributed by atoms with E-state index in [0.29, 0.717) is 12.1 Å². The summed E-state index contributed by atoms with van der Waals surface area (Å²) in [6.45, 7) is 2.54. The number of nitrogens with one attached hydrogen (secondary N) is 1. The number of aromatic hydroxyl groups is 1. The van der Waals surface area contributed by atoms with Gasteiger partial charge in [-0.05, 0) is 24.1 Å². The fraction of sp³-hybridized carbons (Fsp3) is 0.667. The molecule has 0 radical (unpaired) electrons. The lowest BCUT2D eigenvalue weighted by atomic mass is 10.1. The third kappa shape index (κ3) is 13.1. The topological polar surface area (TPSA) is 81.9 Å². The SMILES string of the molecule is CCCCCCCCCCCCCCNC(=O)C(CO)N=Cc1cccc(O)c1. The summed E-state index contributed by atoms with van der Waals surface area (Å²) in [6, 6.07) is 5.81. The Labute approximate surface area is 176 Å². The molecule has 0 aliphatic carbocycles. The molecule has 1 atom stereocenters. The first-order chi connectivity index (χ1) is 14.2. The summed E-state index contributed by atoms with van der Waals surface area (Å²) in [5.41, 5.74) is 0.692. The average molecular weight is 405 g/mol. The molecule has 1 amide bonds. The molecule has 164 valence electrons. The van der Waals surface area contributed by atoms with Crippen molar-refractivity contribution in [2.45, 2.75) is 90.0 Å². The number of unbranched alkanes of at least 4 members (excludes halogenated alkanes) is 11. The van der Waals surface area contributed by atoms with Crippen LogP contribution in [0.4, 0.5) is 0 Å². The Bertz CT molecular complexity index is 575. The van der Waals surface area contributed by atoms with Gasteiger partial charge in [-0.1, -0.05) is 89.7 Å². The number of hydrogen-bond donors (Lipinski definition) is 3. The van der Waals surface area contributed by atoms with Crippen molar-refractivity contribution in [1.29, 1.82) is 0 Å². The Morgan fingerprint density at radius 3 is 2.14 bits per heavy atom. The van der Waals surface area contributed by atoms with Crippen molar-refractivity contribution in [3.63, 3.8) is 0 Å². The Kier molecular flexibility index (Phi) is 14.8. The number of nitrogens with zero attached hydrogens (tertiary/aromatic N) is 1. The number of phenols is 1. The number of hydrogen-bond acceptors (Lipinski definition) is 4. The van der Waals surface area contributed by atoms with Crippen LogP contribution in [0.25, 0.3) is 0 Å². The summed E-state index contributed by atoms with van der Waals surface area (Å²) in [6.07, 6.45) is 16.9. The second-order valence-electron chi connectivity index (χ2n) is 7.75. The molecule has 0 saturated heterocycles. The lowest BCUT2D eigenvalue weighted by Crippen LogP contribution is -2.36. The molecule has 0 heterocycles. The number of aliphatic hydroxyl groups is 1. The van der Waals surface area contributed by atoms with Gasteiger partial charge in [-0.15, -0.1) is 0 Å². The molecule has 29 heavy (non-hydrogen) atoms. The van der Waals surface area contributed by atoms with E-state index >= 15 is 0 Å². The molecule has 5 heteroatoms. The number of carbonyl (C=O) groups excluding carboxylic acids is 1. The molecular formula is C24H40N2O3. The van der Waals surface area contributed by atoms with Gasteiger partial charge in [0.05, 0.1) is 6.61 Å². The van der Waals surface area contributed by atoms with Gasteiger partial charge >= 0.3 is 0 Å². The second-order valence-corrected chi connectivity index (χ2v) is 7.75. The molecule has 0 fully saturated rings. The molecule has 5 nitrogen and oxygen atoms in total. The fourth-order valence-electron chi connectivity index (χ4n) is 3.27. The van der Waals surface area contributed by atoms with E-state index in [2.05, 4.69) is 17.2 Å². The first-order valence-electron chi connectivity index (χ1n) is 11.4. The van der Waals surface area contributed by atoms with E-state index in [-0.39, 0.29) is 18.3 Å². The number of rotatable bonds is 17. The van der Waals surface area contributed by atoms with Crippen LogP contribution in [0.1, 0.15) is 89.5 Å². The molecule has 0 aliphatic heterocycles. The quantitative estimate of drug-likeness (QED) is 0.253. The standard InChI is InChI=1S/C24H40N2O3/c1-2-3-4-5-6-7-8-9-10-11-12-13-17-25-24(29)23(20-27)26-19-21-15-14-16-22(28)18-21/h14-16,18-19,23,27-28H,2-13,17,20H2,1H3,(H,25,29). The molecule has 0 aliphatic rings. The third-order valence-corrected chi connectivity index (χ3v) is 5.08. The average Bonchev–Trinajstić information content (AvgIpc) is 2.72. The first kappa shape index (κ1) is 25.2. The lowest BCUT2D eigenvalue weighted by Gasteiger charge is -2.10. The monoisotopic (exact) mass is 404 g/mol. The van der Waals surface area contributed by atoms with E-state index in [0.717, 1.165) is 12.8 Å².